The van der Waals surface area contributed by atoms with E-state index in [-0.39, 0.29) is 12.3 Å². The standard InChI is InChI=1S/C22H25NO6/c1-2-27-17-6-8-18(9-7-17)28-12-3-4-20(24)23-21(22(25)26)16-5-10-19-15(14-16)11-13-29-19/h5-10,14,21H,2-4,11-13H2,1H3,(H,23,24)(H,25,26). The Kier molecular flexibility index (Phi) is 6.94. The van der Waals surface area contributed by atoms with Gasteiger partial charge < -0.3 is 24.6 Å². The van der Waals surface area contributed by atoms with Gasteiger partial charge in [-0.25, -0.2) is 4.79 Å². The Balaban J connectivity index is 1.46. The van der Waals surface area contributed by atoms with Crippen LogP contribution in [-0.2, 0) is 16.0 Å². The Morgan fingerprint density at radius 2 is 1.86 bits per heavy atom. The van der Waals surface area contributed by atoms with Crippen molar-refractivity contribution in [2.24, 2.45) is 0 Å². The van der Waals surface area contributed by atoms with E-state index < -0.39 is 12.0 Å². The van der Waals surface area contributed by atoms with E-state index in [4.69, 9.17) is 14.2 Å². The molecule has 0 bridgehead atoms. The van der Waals surface area contributed by atoms with Crippen LogP contribution in [0.2, 0.25) is 0 Å². The molecule has 1 heterocycles. The molecule has 0 aliphatic carbocycles. The van der Waals surface area contributed by atoms with Crippen molar-refractivity contribution in [3.05, 3.63) is 53.6 Å². The second-order valence-electron chi connectivity index (χ2n) is 6.66. The predicted molar refractivity (Wildman–Crippen MR) is 107 cm³/mol. The number of carboxylic acid groups (broad SMARTS) is 1. The van der Waals surface area contributed by atoms with Gasteiger partial charge >= 0.3 is 5.97 Å². The van der Waals surface area contributed by atoms with Crippen molar-refractivity contribution in [3.8, 4) is 17.2 Å². The van der Waals surface area contributed by atoms with Crippen LogP contribution in [0.1, 0.15) is 36.9 Å². The number of amides is 1. The first-order valence-corrected chi connectivity index (χ1v) is 9.70. The highest BCUT2D eigenvalue weighted by atomic mass is 16.5. The lowest BCUT2D eigenvalue weighted by Crippen LogP contribution is -2.33. The Morgan fingerprint density at radius 3 is 2.55 bits per heavy atom. The van der Waals surface area contributed by atoms with Gasteiger partial charge in [0.1, 0.15) is 17.2 Å². The van der Waals surface area contributed by atoms with E-state index in [1.165, 1.54) is 0 Å². The molecular weight excluding hydrogens is 374 g/mol. The number of fused-ring (bicyclic) bond motifs is 1. The number of carbonyl (C=O) groups is 2. The molecule has 29 heavy (non-hydrogen) atoms. The molecular formula is C22H25NO6. The fraction of sp³-hybridized carbons (Fsp3) is 0.364. The first kappa shape index (κ1) is 20.5. The smallest absolute Gasteiger partial charge is 0.330 e. The third-order valence-electron chi connectivity index (χ3n) is 4.55. The molecule has 0 aromatic heterocycles. The largest absolute Gasteiger partial charge is 0.494 e. The van der Waals surface area contributed by atoms with E-state index in [0.29, 0.717) is 37.6 Å². The van der Waals surface area contributed by atoms with Crippen LogP contribution in [0.15, 0.2) is 42.5 Å². The molecule has 3 rings (SSSR count). The molecule has 1 amide bonds. The first-order chi connectivity index (χ1) is 14.1. The van der Waals surface area contributed by atoms with Crippen molar-refractivity contribution in [2.75, 3.05) is 19.8 Å². The molecule has 2 aromatic carbocycles. The van der Waals surface area contributed by atoms with Gasteiger partial charge in [0, 0.05) is 12.8 Å². The molecule has 7 heteroatoms. The Labute approximate surface area is 169 Å². The summed E-state index contributed by atoms with van der Waals surface area (Å²) in [6.45, 7) is 3.47. The molecule has 0 fully saturated rings. The van der Waals surface area contributed by atoms with Crippen molar-refractivity contribution in [1.82, 2.24) is 5.32 Å². The first-order valence-electron chi connectivity index (χ1n) is 9.70. The Bertz CT molecular complexity index is 849. The molecule has 0 saturated heterocycles. The topological polar surface area (TPSA) is 94.1 Å². The Morgan fingerprint density at radius 1 is 1.14 bits per heavy atom. The van der Waals surface area contributed by atoms with Gasteiger partial charge in [0.15, 0.2) is 6.04 Å². The zero-order chi connectivity index (χ0) is 20.6. The summed E-state index contributed by atoms with van der Waals surface area (Å²) in [6, 6.07) is 11.4. The van der Waals surface area contributed by atoms with E-state index >= 15 is 0 Å². The lowest BCUT2D eigenvalue weighted by atomic mass is 10.0. The number of carbonyl (C=O) groups excluding carboxylic acids is 1. The second-order valence-corrected chi connectivity index (χ2v) is 6.66. The van der Waals surface area contributed by atoms with Gasteiger partial charge in [-0.2, -0.15) is 0 Å². The average Bonchev–Trinajstić information content (AvgIpc) is 3.18. The van der Waals surface area contributed by atoms with E-state index in [1.54, 1.807) is 18.2 Å². The normalized spacial score (nSPS) is 13.1. The van der Waals surface area contributed by atoms with Crippen LogP contribution in [-0.4, -0.2) is 36.8 Å². The number of benzene rings is 2. The summed E-state index contributed by atoms with van der Waals surface area (Å²) in [5.41, 5.74) is 1.51. The molecule has 1 aliphatic rings. The van der Waals surface area contributed by atoms with Gasteiger partial charge in [-0.1, -0.05) is 6.07 Å². The number of nitrogens with one attached hydrogen (secondary N) is 1. The lowest BCUT2D eigenvalue weighted by molar-refractivity contribution is -0.142. The van der Waals surface area contributed by atoms with Crippen LogP contribution >= 0.6 is 0 Å². The Hall–Kier alpha value is -3.22. The van der Waals surface area contributed by atoms with Crippen LogP contribution in [0, 0.1) is 0 Å². The highest BCUT2D eigenvalue weighted by molar-refractivity contribution is 5.84. The fourth-order valence-corrected chi connectivity index (χ4v) is 3.13. The van der Waals surface area contributed by atoms with Gasteiger partial charge in [-0.3, -0.25) is 4.79 Å². The molecule has 0 saturated carbocycles. The fourth-order valence-electron chi connectivity index (χ4n) is 3.13. The number of ether oxygens (including phenoxy) is 3. The quantitative estimate of drug-likeness (QED) is 0.596. The number of hydrogen-bond acceptors (Lipinski definition) is 5. The SMILES string of the molecule is CCOc1ccc(OCCCC(=O)NC(C(=O)O)c2ccc3c(c2)CCO3)cc1. The van der Waals surface area contributed by atoms with E-state index in [1.807, 2.05) is 31.2 Å². The zero-order valence-corrected chi connectivity index (χ0v) is 16.3. The maximum Gasteiger partial charge on any atom is 0.330 e. The number of carboxylic acids is 1. The molecule has 154 valence electrons. The third kappa shape index (κ3) is 5.63. The third-order valence-corrected chi connectivity index (χ3v) is 4.55. The summed E-state index contributed by atoms with van der Waals surface area (Å²) in [5, 5.41) is 12.1. The maximum atomic E-state index is 12.2. The minimum absolute atomic E-state index is 0.175. The summed E-state index contributed by atoms with van der Waals surface area (Å²) in [7, 11) is 0. The molecule has 7 nitrogen and oxygen atoms in total. The van der Waals surface area contributed by atoms with Crippen molar-refractivity contribution < 1.29 is 28.9 Å². The number of aliphatic carboxylic acids is 1. The van der Waals surface area contributed by atoms with E-state index in [0.717, 1.165) is 23.5 Å². The number of hydrogen-bond donors (Lipinski definition) is 2. The van der Waals surface area contributed by atoms with Gasteiger partial charge in [-0.15, -0.1) is 0 Å². The van der Waals surface area contributed by atoms with Crippen molar-refractivity contribution in [1.29, 1.82) is 0 Å². The van der Waals surface area contributed by atoms with Crippen LogP contribution in [0.4, 0.5) is 0 Å². The molecule has 0 spiro atoms. The molecule has 1 unspecified atom stereocenters. The van der Waals surface area contributed by atoms with Gasteiger partial charge in [-0.05, 0) is 60.9 Å². The summed E-state index contributed by atoms with van der Waals surface area (Å²) >= 11 is 0. The van der Waals surface area contributed by atoms with Crippen molar-refractivity contribution in [3.63, 3.8) is 0 Å². The maximum absolute atomic E-state index is 12.2. The van der Waals surface area contributed by atoms with Crippen molar-refractivity contribution in [2.45, 2.75) is 32.2 Å². The molecule has 2 N–H and O–H groups in total. The molecule has 2 aromatic rings. The second kappa shape index (κ2) is 9.82. The molecule has 1 aliphatic heterocycles. The van der Waals surface area contributed by atoms with Crippen molar-refractivity contribution >= 4 is 11.9 Å². The van der Waals surface area contributed by atoms with Crippen LogP contribution in [0.25, 0.3) is 0 Å². The zero-order valence-electron chi connectivity index (χ0n) is 16.3. The summed E-state index contributed by atoms with van der Waals surface area (Å²) in [4.78, 5) is 23.9. The average molecular weight is 399 g/mol. The van der Waals surface area contributed by atoms with Gasteiger partial charge in [0.05, 0.1) is 19.8 Å². The highest BCUT2D eigenvalue weighted by Crippen LogP contribution is 2.28. The van der Waals surface area contributed by atoms with E-state index in [9.17, 15) is 14.7 Å². The van der Waals surface area contributed by atoms with Crippen LogP contribution < -0.4 is 19.5 Å². The van der Waals surface area contributed by atoms with Gasteiger partial charge in [0.25, 0.3) is 0 Å². The minimum atomic E-state index is -1.09. The molecule has 0 radical (unpaired) electrons. The van der Waals surface area contributed by atoms with E-state index in [2.05, 4.69) is 5.32 Å². The number of rotatable bonds is 10. The van der Waals surface area contributed by atoms with Gasteiger partial charge in [0.2, 0.25) is 5.91 Å². The highest BCUT2D eigenvalue weighted by Gasteiger charge is 2.24. The predicted octanol–water partition coefficient (Wildman–Crippen LogP) is 3.12. The van der Waals surface area contributed by atoms with Crippen LogP contribution in [0.5, 0.6) is 17.2 Å². The minimum Gasteiger partial charge on any atom is -0.494 e. The summed E-state index contributed by atoms with van der Waals surface area (Å²) < 4.78 is 16.4. The monoisotopic (exact) mass is 399 g/mol. The molecule has 1 atom stereocenters. The summed E-state index contributed by atoms with van der Waals surface area (Å²) in [6.07, 6.45) is 1.39. The summed E-state index contributed by atoms with van der Waals surface area (Å²) in [5.74, 6) is 0.817. The van der Waals surface area contributed by atoms with Crippen LogP contribution in [0.3, 0.4) is 0 Å². The lowest BCUT2D eigenvalue weighted by Gasteiger charge is -2.16.